The second-order valence-electron chi connectivity index (χ2n) is 6.26. The quantitative estimate of drug-likeness (QED) is 0.476. The average Bonchev–Trinajstić information content (AvgIpc) is 2.73. The highest BCUT2D eigenvalue weighted by atomic mass is 16.5. The highest BCUT2D eigenvalue weighted by Crippen LogP contribution is 2.11. The number of rotatable bonds is 10. The molecular formula is C22H27N3O4. The molecule has 1 atom stereocenters. The maximum atomic E-state index is 12.5. The predicted molar refractivity (Wildman–Crippen MR) is 112 cm³/mol. The Bertz CT molecular complexity index is 791. The van der Waals surface area contributed by atoms with Crippen molar-refractivity contribution in [3.8, 4) is 5.75 Å². The largest absolute Gasteiger partial charge is 0.494 e. The van der Waals surface area contributed by atoms with Gasteiger partial charge in [-0.3, -0.25) is 4.79 Å². The lowest BCUT2D eigenvalue weighted by molar-refractivity contribution is -0.123. The molecule has 0 aromatic heterocycles. The van der Waals surface area contributed by atoms with Gasteiger partial charge < -0.3 is 14.8 Å². The third-order valence-corrected chi connectivity index (χ3v) is 3.91. The van der Waals surface area contributed by atoms with Crippen molar-refractivity contribution in [3.63, 3.8) is 0 Å². The van der Waals surface area contributed by atoms with Gasteiger partial charge in [0.2, 0.25) is 0 Å². The maximum absolute atomic E-state index is 12.5. The van der Waals surface area contributed by atoms with Crippen LogP contribution in [-0.4, -0.2) is 37.5 Å². The Labute approximate surface area is 171 Å². The molecule has 0 heterocycles. The fourth-order valence-electron chi connectivity index (χ4n) is 2.49. The molecule has 0 aliphatic heterocycles. The highest BCUT2D eigenvalue weighted by molar-refractivity contribution is 5.87. The van der Waals surface area contributed by atoms with E-state index in [1.165, 1.54) is 6.21 Å². The molecule has 0 bridgehead atoms. The van der Waals surface area contributed by atoms with Crippen molar-refractivity contribution in [2.45, 2.75) is 32.7 Å². The molecule has 2 aromatic carbocycles. The number of carbonyl (C=O) groups is 2. The number of amides is 2. The van der Waals surface area contributed by atoms with Crippen LogP contribution in [0.5, 0.6) is 5.75 Å². The standard InChI is InChI=1S/C22H27N3O4/c1-3-14-29-19-12-10-18(11-13-19)16-23-25-21(26)20(24-22(27)28-4-2)15-17-8-6-5-7-9-17/h5-13,16,20H,3-4,14-15H2,1-2H3,(H,24,27)(H,25,26)/b23-16-/t20-/m1/s1. The molecule has 2 amide bonds. The van der Waals surface area contributed by atoms with Crippen LogP contribution in [-0.2, 0) is 16.0 Å². The summed E-state index contributed by atoms with van der Waals surface area (Å²) in [5, 5.41) is 6.57. The zero-order chi connectivity index (χ0) is 20.9. The van der Waals surface area contributed by atoms with Gasteiger partial charge in [-0.15, -0.1) is 0 Å². The van der Waals surface area contributed by atoms with Gasteiger partial charge in [0.05, 0.1) is 19.4 Å². The summed E-state index contributed by atoms with van der Waals surface area (Å²) in [6.45, 7) is 4.64. The van der Waals surface area contributed by atoms with Gasteiger partial charge in [0, 0.05) is 6.42 Å². The molecule has 0 aliphatic carbocycles. The minimum Gasteiger partial charge on any atom is -0.494 e. The molecule has 0 fully saturated rings. The van der Waals surface area contributed by atoms with Crippen LogP contribution < -0.4 is 15.5 Å². The third kappa shape index (κ3) is 8.04. The van der Waals surface area contributed by atoms with Crippen LogP contribution in [0.25, 0.3) is 0 Å². The van der Waals surface area contributed by atoms with Crippen molar-refractivity contribution in [1.29, 1.82) is 0 Å². The van der Waals surface area contributed by atoms with Crippen LogP contribution in [0.1, 0.15) is 31.4 Å². The molecule has 7 heteroatoms. The van der Waals surface area contributed by atoms with Gasteiger partial charge in [0.25, 0.3) is 5.91 Å². The summed E-state index contributed by atoms with van der Waals surface area (Å²) >= 11 is 0. The Kier molecular flexibility index (Phi) is 9.21. The summed E-state index contributed by atoms with van der Waals surface area (Å²) in [4.78, 5) is 24.3. The smallest absolute Gasteiger partial charge is 0.407 e. The molecule has 0 spiro atoms. The molecule has 2 N–H and O–H groups in total. The minimum absolute atomic E-state index is 0.224. The van der Waals surface area contributed by atoms with Gasteiger partial charge in [-0.25, -0.2) is 10.2 Å². The van der Waals surface area contributed by atoms with Crippen molar-refractivity contribution >= 4 is 18.2 Å². The first-order valence-corrected chi connectivity index (χ1v) is 9.65. The monoisotopic (exact) mass is 397 g/mol. The van der Waals surface area contributed by atoms with E-state index in [0.717, 1.165) is 23.3 Å². The lowest BCUT2D eigenvalue weighted by atomic mass is 10.1. The van der Waals surface area contributed by atoms with E-state index in [4.69, 9.17) is 9.47 Å². The number of benzene rings is 2. The zero-order valence-corrected chi connectivity index (χ0v) is 16.8. The minimum atomic E-state index is -0.807. The van der Waals surface area contributed by atoms with E-state index >= 15 is 0 Å². The SMILES string of the molecule is CCCOc1ccc(/C=N\NC(=O)[C@@H](Cc2ccccc2)NC(=O)OCC)cc1. The normalized spacial score (nSPS) is 11.7. The number of carbonyl (C=O) groups excluding carboxylic acids is 2. The van der Waals surface area contributed by atoms with E-state index in [1.807, 2.05) is 61.5 Å². The van der Waals surface area contributed by atoms with Gasteiger partial charge >= 0.3 is 6.09 Å². The van der Waals surface area contributed by atoms with Crippen molar-refractivity contribution in [1.82, 2.24) is 10.7 Å². The van der Waals surface area contributed by atoms with Crippen LogP contribution in [0.4, 0.5) is 4.79 Å². The lowest BCUT2D eigenvalue weighted by Gasteiger charge is -2.16. The molecule has 0 saturated carbocycles. The Morgan fingerprint density at radius 1 is 1.07 bits per heavy atom. The number of ether oxygens (including phenoxy) is 2. The molecule has 7 nitrogen and oxygen atoms in total. The Morgan fingerprint density at radius 2 is 1.79 bits per heavy atom. The zero-order valence-electron chi connectivity index (χ0n) is 16.8. The van der Waals surface area contributed by atoms with Crippen molar-refractivity contribution in [3.05, 3.63) is 65.7 Å². The van der Waals surface area contributed by atoms with Gasteiger partial charge in [0.15, 0.2) is 0 Å². The molecule has 2 aromatic rings. The van der Waals surface area contributed by atoms with Crippen LogP contribution in [0.3, 0.4) is 0 Å². The topological polar surface area (TPSA) is 89.0 Å². The van der Waals surface area contributed by atoms with Gasteiger partial charge in [-0.05, 0) is 48.7 Å². The second kappa shape index (κ2) is 12.2. The summed E-state index contributed by atoms with van der Waals surface area (Å²) in [5.74, 6) is 0.357. The number of hydrazone groups is 1. The number of hydrogen-bond acceptors (Lipinski definition) is 5. The van der Waals surface area contributed by atoms with Gasteiger partial charge in [-0.2, -0.15) is 5.10 Å². The van der Waals surface area contributed by atoms with E-state index in [0.29, 0.717) is 13.0 Å². The molecule has 0 radical (unpaired) electrons. The van der Waals surface area contributed by atoms with Crippen LogP contribution in [0, 0.1) is 0 Å². The van der Waals surface area contributed by atoms with Gasteiger partial charge in [0.1, 0.15) is 11.8 Å². The summed E-state index contributed by atoms with van der Waals surface area (Å²) in [6.07, 6.45) is 2.16. The first-order chi connectivity index (χ1) is 14.1. The van der Waals surface area contributed by atoms with E-state index in [-0.39, 0.29) is 6.61 Å². The average molecular weight is 397 g/mol. The van der Waals surface area contributed by atoms with Crippen LogP contribution >= 0.6 is 0 Å². The molecule has 0 aliphatic rings. The number of hydrogen-bond donors (Lipinski definition) is 2. The molecular weight excluding hydrogens is 370 g/mol. The van der Waals surface area contributed by atoms with Gasteiger partial charge in [-0.1, -0.05) is 37.3 Å². The molecule has 0 unspecified atom stereocenters. The van der Waals surface area contributed by atoms with Crippen molar-refractivity contribution < 1.29 is 19.1 Å². The van der Waals surface area contributed by atoms with E-state index in [9.17, 15) is 9.59 Å². The fourth-order valence-corrected chi connectivity index (χ4v) is 2.49. The van der Waals surface area contributed by atoms with Crippen molar-refractivity contribution in [2.75, 3.05) is 13.2 Å². The maximum Gasteiger partial charge on any atom is 0.407 e. The molecule has 29 heavy (non-hydrogen) atoms. The lowest BCUT2D eigenvalue weighted by Crippen LogP contribution is -2.47. The fraction of sp³-hybridized carbons (Fsp3) is 0.318. The number of alkyl carbamates (subject to hydrolysis) is 1. The number of nitrogens with zero attached hydrogens (tertiary/aromatic N) is 1. The van der Waals surface area contributed by atoms with E-state index in [1.54, 1.807) is 6.92 Å². The Hall–Kier alpha value is -3.35. The molecule has 154 valence electrons. The van der Waals surface area contributed by atoms with E-state index < -0.39 is 18.0 Å². The summed E-state index contributed by atoms with van der Waals surface area (Å²) < 4.78 is 10.4. The highest BCUT2D eigenvalue weighted by Gasteiger charge is 2.21. The molecule has 0 saturated heterocycles. The first-order valence-electron chi connectivity index (χ1n) is 9.65. The second-order valence-corrected chi connectivity index (χ2v) is 6.26. The summed E-state index contributed by atoms with van der Waals surface area (Å²) in [6, 6.07) is 16.0. The third-order valence-electron chi connectivity index (χ3n) is 3.91. The first kappa shape index (κ1) is 21.9. The Balaban J connectivity index is 1.96. The van der Waals surface area contributed by atoms with E-state index in [2.05, 4.69) is 15.8 Å². The predicted octanol–water partition coefficient (Wildman–Crippen LogP) is 3.28. The number of nitrogens with one attached hydrogen (secondary N) is 2. The van der Waals surface area contributed by atoms with Crippen LogP contribution in [0.2, 0.25) is 0 Å². The molecule has 2 rings (SSSR count). The summed E-state index contributed by atoms with van der Waals surface area (Å²) in [5.41, 5.74) is 4.20. The van der Waals surface area contributed by atoms with Crippen molar-refractivity contribution in [2.24, 2.45) is 5.10 Å². The summed E-state index contributed by atoms with van der Waals surface area (Å²) in [7, 11) is 0. The van der Waals surface area contributed by atoms with Crippen LogP contribution in [0.15, 0.2) is 59.7 Å². The Morgan fingerprint density at radius 3 is 2.45 bits per heavy atom.